The summed E-state index contributed by atoms with van der Waals surface area (Å²) in [6, 6.07) is 19.4. The molecule has 3 aromatic carbocycles. The number of aromatic amines is 1. The fourth-order valence-corrected chi connectivity index (χ4v) is 5.51. The highest BCUT2D eigenvalue weighted by Crippen LogP contribution is 2.36. The van der Waals surface area contributed by atoms with Gasteiger partial charge in [-0.05, 0) is 66.7 Å². The molecular weight excluding hydrogens is 585 g/mol. The van der Waals surface area contributed by atoms with Crippen molar-refractivity contribution in [3.63, 3.8) is 0 Å². The van der Waals surface area contributed by atoms with Crippen LogP contribution in [0.5, 0.6) is 0 Å². The summed E-state index contributed by atoms with van der Waals surface area (Å²) < 4.78 is 41.4. The van der Waals surface area contributed by atoms with Gasteiger partial charge in [0.25, 0.3) is 11.8 Å². The summed E-state index contributed by atoms with van der Waals surface area (Å²) in [5, 5.41) is 18.0. The SMILES string of the molecule is O=C1Nc2cc(Nc3cccc(NC(=O)c4cc(N5CCN(CCO)CC5)cc(C(F)(F)F)c4)c3)ccc2C1=Cc1ccc[nH]1. The van der Waals surface area contributed by atoms with Crippen molar-refractivity contribution >= 4 is 51.9 Å². The van der Waals surface area contributed by atoms with Crippen LogP contribution in [-0.4, -0.2) is 66.1 Å². The summed E-state index contributed by atoms with van der Waals surface area (Å²) in [5.74, 6) is -0.872. The van der Waals surface area contributed by atoms with E-state index in [1.165, 1.54) is 6.07 Å². The van der Waals surface area contributed by atoms with Crippen molar-refractivity contribution in [3.05, 3.63) is 101 Å². The van der Waals surface area contributed by atoms with Crippen LogP contribution in [-0.2, 0) is 11.0 Å². The molecule has 0 saturated carbocycles. The molecule has 2 aliphatic rings. The first-order valence-electron chi connectivity index (χ1n) is 14.5. The van der Waals surface area contributed by atoms with Gasteiger partial charge in [-0.15, -0.1) is 0 Å². The second-order valence-electron chi connectivity index (χ2n) is 10.9. The van der Waals surface area contributed by atoms with Crippen molar-refractivity contribution in [2.45, 2.75) is 6.18 Å². The number of amides is 2. The Balaban J connectivity index is 1.17. The van der Waals surface area contributed by atoms with Crippen molar-refractivity contribution in [2.24, 2.45) is 0 Å². The van der Waals surface area contributed by atoms with Gasteiger partial charge in [-0.1, -0.05) is 12.1 Å². The summed E-state index contributed by atoms with van der Waals surface area (Å²) in [7, 11) is 0. The molecule has 0 spiro atoms. The fraction of sp³-hybridized carbons (Fsp3) is 0.212. The van der Waals surface area contributed by atoms with Crippen molar-refractivity contribution < 1.29 is 27.9 Å². The smallest absolute Gasteiger partial charge is 0.395 e. The molecule has 5 N–H and O–H groups in total. The van der Waals surface area contributed by atoms with Gasteiger partial charge in [-0.3, -0.25) is 14.5 Å². The average Bonchev–Trinajstić information content (AvgIpc) is 3.64. The highest BCUT2D eigenvalue weighted by Gasteiger charge is 2.33. The summed E-state index contributed by atoms with van der Waals surface area (Å²) in [6.07, 6.45) is -1.06. The van der Waals surface area contributed by atoms with Gasteiger partial charge >= 0.3 is 6.18 Å². The summed E-state index contributed by atoms with van der Waals surface area (Å²) in [6.45, 7) is 2.68. The Morgan fingerprint density at radius 2 is 1.71 bits per heavy atom. The third-order valence-electron chi connectivity index (χ3n) is 7.79. The number of hydrogen-bond donors (Lipinski definition) is 5. The predicted octanol–water partition coefficient (Wildman–Crippen LogP) is 5.64. The number of nitrogens with zero attached hydrogens (tertiary/aromatic N) is 2. The minimum Gasteiger partial charge on any atom is -0.395 e. The number of benzene rings is 3. The summed E-state index contributed by atoms with van der Waals surface area (Å²) >= 11 is 0. The second kappa shape index (κ2) is 12.5. The molecule has 232 valence electrons. The lowest BCUT2D eigenvalue weighted by Crippen LogP contribution is -2.47. The number of fused-ring (bicyclic) bond motifs is 1. The van der Waals surface area contributed by atoms with E-state index in [0.29, 0.717) is 66.7 Å². The quantitative estimate of drug-likeness (QED) is 0.164. The van der Waals surface area contributed by atoms with Crippen molar-refractivity contribution in [3.8, 4) is 0 Å². The van der Waals surface area contributed by atoms with E-state index in [0.717, 1.165) is 23.4 Å². The number of carbonyl (C=O) groups excluding carboxylic acids is 2. The van der Waals surface area contributed by atoms with E-state index >= 15 is 0 Å². The Morgan fingerprint density at radius 1 is 0.933 bits per heavy atom. The molecule has 12 heteroatoms. The van der Waals surface area contributed by atoms with Gasteiger partial charge in [0, 0.05) is 78.5 Å². The van der Waals surface area contributed by atoms with Gasteiger partial charge in [0.1, 0.15) is 0 Å². The van der Waals surface area contributed by atoms with Crippen LogP contribution in [0.2, 0.25) is 0 Å². The van der Waals surface area contributed by atoms with Crippen LogP contribution in [0.1, 0.15) is 27.2 Å². The molecule has 3 heterocycles. The second-order valence-corrected chi connectivity index (χ2v) is 10.9. The third kappa shape index (κ3) is 6.87. The Hall–Kier alpha value is -5.07. The number of anilines is 5. The van der Waals surface area contributed by atoms with E-state index in [-0.39, 0.29) is 18.1 Å². The number of aliphatic hydroxyl groups excluding tert-OH is 1. The molecule has 0 radical (unpaired) electrons. The number of hydrogen-bond acceptors (Lipinski definition) is 6. The highest BCUT2D eigenvalue weighted by molar-refractivity contribution is 6.35. The molecule has 45 heavy (non-hydrogen) atoms. The number of aromatic nitrogens is 1. The van der Waals surface area contributed by atoms with Gasteiger partial charge in [-0.2, -0.15) is 13.2 Å². The lowest BCUT2D eigenvalue weighted by Gasteiger charge is -2.36. The van der Waals surface area contributed by atoms with Crippen LogP contribution in [0.25, 0.3) is 11.6 Å². The molecule has 0 aliphatic carbocycles. The Bertz CT molecular complexity index is 1740. The Labute approximate surface area is 257 Å². The molecule has 2 amide bonds. The van der Waals surface area contributed by atoms with Crippen molar-refractivity contribution in [2.75, 3.05) is 60.2 Å². The first-order chi connectivity index (χ1) is 21.7. The summed E-state index contributed by atoms with van der Waals surface area (Å²) in [4.78, 5) is 32.7. The highest BCUT2D eigenvalue weighted by atomic mass is 19.4. The molecule has 6 rings (SSSR count). The molecular formula is C33H31F3N6O3. The fourth-order valence-electron chi connectivity index (χ4n) is 5.51. The first-order valence-corrected chi connectivity index (χ1v) is 14.5. The van der Waals surface area contributed by atoms with E-state index in [1.54, 1.807) is 36.5 Å². The molecule has 1 aromatic heterocycles. The largest absolute Gasteiger partial charge is 0.416 e. The maximum Gasteiger partial charge on any atom is 0.416 e. The number of rotatable bonds is 8. The zero-order valence-corrected chi connectivity index (χ0v) is 24.1. The lowest BCUT2D eigenvalue weighted by molar-refractivity contribution is -0.137. The van der Waals surface area contributed by atoms with Crippen molar-refractivity contribution in [1.29, 1.82) is 0 Å². The zero-order valence-electron chi connectivity index (χ0n) is 24.1. The normalized spacial score (nSPS) is 16.0. The van der Waals surface area contributed by atoms with Crippen LogP contribution in [0.4, 0.5) is 41.6 Å². The van der Waals surface area contributed by atoms with E-state index in [9.17, 15) is 27.9 Å². The van der Waals surface area contributed by atoms with Gasteiger partial charge in [0.05, 0.1) is 23.4 Å². The minimum atomic E-state index is -4.62. The standard InChI is InChI=1S/C33H31F3N6O3/c34-33(35,36)22-15-21(16-27(17-22)42-11-9-41(10-12-42)13-14-43)31(44)39-25-4-1-3-24(18-25)38-26-6-7-28-29(19-23-5-2-8-37-23)32(45)40-30(28)20-26/h1-8,15-20,37-38,43H,9-14H2,(H,39,44)(H,40,45). The van der Waals surface area contributed by atoms with Gasteiger partial charge in [-0.25, -0.2) is 0 Å². The average molecular weight is 617 g/mol. The van der Waals surface area contributed by atoms with Gasteiger partial charge < -0.3 is 30.9 Å². The summed E-state index contributed by atoms with van der Waals surface area (Å²) in [5.41, 5.74) is 3.83. The number of H-pyrrole nitrogens is 1. The number of alkyl halides is 3. The van der Waals surface area contributed by atoms with Crippen LogP contribution in [0, 0.1) is 0 Å². The van der Waals surface area contributed by atoms with Crippen molar-refractivity contribution in [1.82, 2.24) is 9.88 Å². The molecule has 1 saturated heterocycles. The van der Waals surface area contributed by atoms with Crippen LogP contribution in [0.15, 0.2) is 79.0 Å². The monoisotopic (exact) mass is 616 g/mol. The van der Waals surface area contributed by atoms with E-state index < -0.39 is 17.6 Å². The first kappa shape index (κ1) is 30.0. The van der Waals surface area contributed by atoms with Gasteiger partial charge in [0.2, 0.25) is 0 Å². The minimum absolute atomic E-state index is 0.0175. The number of halogens is 3. The third-order valence-corrected chi connectivity index (χ3v) is 7.79. The number of β-amino-alcohol motifs (C(OH)–C–C–N with tert-alkyl or cyclic N) is 1. The molecule has 9 nitrogen and oxygen atoms in total. The predicted molar refractivity (Wildman–Crippen MR) is 169 cm³/mol. The number of nitrogens with one attached hydrogen (secondary N) is 4. The zero-order chi connectivity index (χ0) is 31.6. The maximum absolute atomic E-state index is 13.8. The lowest BCUT2D eigenvalue weighted by atomic mass is 10.1. The Kier molecular flexibility index (Phi) is 8.33. The van der Waals surface area contributed by atoms with E-state index in [1.807, 2.05) is 40.1 Å². The van der Waals surface area contributed by atoms with Gasteiger partial charge in [0.15, 0.2) is 0 Å². The molecule has 0 atom stereocenters. The van der Waals surface area contributed by atoms with Crippen LogP contribution >= 0.6 is 0 Å². The molecule has 1 fully saturated rings. The van der Waals surface area contributed by atoms with E-state index in [2.05, 4.69) is 20.9 Å². The number of piperazine rings is 1. The molecule has 0 unspecified atom stereocenters. The molecule has 4 aromatic rings. The molecule has 2 aliphatic heterocycles. The Morgan fingerprint density at radius 3 is 2.44 bits per heavy atom. The topological polar surface area (TPSA) is 113 Å². The van der Waals surface area contributed by atoms with E-state index in [4.69, 9.17) is 0 Å². The van der Waals surface area contributed by atoms with Crippen LogP contribution < -0.4 is 20.9 Å². The molecule has 0 bridgehead atoms. The maximum atomic E-state index is 13.8. The number of carbonyl (C=O) groups is 2. The van der Waals surface area contributed by atoms with Crippen LogP contribution in [0.3, 0.4) is 0 Å². The number of aliphatic hydroxyl groups is 1.